The zero-order chi connectivity index (χ0) is 23.3. The largest absolute Gasteiger partial charge is 0.504 e. The van der Waals surface area contributed by atoms with Crippen LogP contribution in [0.1, 0.15) is 43.0 Å². The topological polar surface area (TPSA) is 50.7 Å². The molecule has 0 saturated heterocycles. The lowest BCUT2D eigenvalue weighted by molar-refractivity contribution is 0.371. The maximum atomic E-state index is 10.5. The van der Waals surface area contributed by atoms with Crippen LogP contribution >= 0.6 is 0 Å². The Labute approximate surface area is 194 Å². The number of hydrogen-bond acceptors (Lipinski definition) is 4. The highest BCUT2D eigenvalue weighted by molar-refractivity contribution is 6.02. The molecule has 2 heterocycles. The van der Waals surface area contributed by atoms with Crippen LogP contribution in [-0.4, -0.2) is 17.8 Å². The number of hydrogen-bond donors (Lipinski definition) is 2. The first-order valence-corrected chi connectivity index (χ1v) is 11.0. The van der Waals surface area contributed by atoms with E-state index in [1.165, 1.54) is 5.57 Å². The molecule has 0 aromatic heterocycles. The van der Waals surface area contributed by atoms with E-state index in [1.54, 1.807) is 19.2 Å². The van der Waals surface area contributed by atoms with Gasteiger partial charge in [-0.2, -0.15) is 0 Å². The van der Waals surface area contributed by atoms with Crippen molar-refractivity contribution < 1.29 is 14.6 Å². The van der Waals surface area contributed by atoms with Crippen molar-refractivity contribution in [1.82, 2.24) is 0 Å². The highest BCUT2D eigenvalue weighted by Gasteiger charge is 2.33. The monoisotopic (exact) mass is 437 g/mol. The molecule has 0 spiro atoms. The number of ether oxygens (including phenoxy) is 2. The third-order valence-corrected chi connectivity index (χ3v) is 6.17. The lowest BCUT2D eigenvalue weighted by atomic mass is 9.82. The highest BCUT2D eigenvalue weighted by Crippen LogP contribution is 2.54. The molecule has 0 atom stereocenters. The van der Waals surface area contributed by atoms with Crippen molar-refractivity contribution in [1.29, 1.82) is 0 Å². The van der Waals surface area contributed by atoms with Crippen LogP contribution in [0.3, 0.4) is 0 Å². The number of phenolic OH excluding ortho intramolecular Hbond substituents is 1. The third-order valence-electron chi connectivity index (χ3n) is 6.17. The summed E-state index contributed by atoms with van der Waals surface area (Å²) < 4.78 is 12.1. The van der Waals surface area contributed by atoms with Crippen LogP contribution < -0.4 is 14.8 Å². The Kier molecular flexibility index (Phi) is 4.82. The number of phenols is 1. The van der Waals surface area contributed by atoms with Gasteiger partial charge in [0.05, 0.1) is 18.2 Å². The quantitative estimate of drug-likeness (QED) is 0.455. The zero-order valence-electron chi connectivity index (χ0n) is 19.3. The van der Waals surface area contributed by atoms with E-state index in [0.717, 1.165) is 44.8 Å². The number of fused-ring (bicyclic) bond motifs is 5. The van der Waals surface area contributed by atoms with E-state index in [-0.39, 0.29) is 11.3 Å². The molecule has 33 heavy (non-hydrogen) atoms. The second-order valence-corrected chi connectivity index (χ2v) is 9.02. The van der Waals surface area contributed by atoms with Gasteiger partial charge in [0.25, 0.3) is 0 Å². The van der Waals surface area contributed by atoms with E-state index in [0.29, 0.717) is 11.5 Å². The lowest BCUT2D eigenvalue weighted by Crippen LogP contribution is -2.32. The van der Waals surface area contributed by atoms with Crippen molar-refractivity contribution in [2.45, 2.75) is 26.3 Å². The Morgan fingerprint density at radius 3 is 2.48 bits per heavy atom. The second-order valence-electron chi connectivity index (χ2n) is 9.02. The summed E-state index contributed by atoms with van der Waals surface area (Å²) in [4.78, 5) is 0. The van der Waals surface area contributed by atoms with Gasteiger partial charge in [-0.1, -0.05) is 49.1 Å². The van der Waals surface area contributed by atoms with E-state index in [2.05, 4.69) is 63.0 Å². The van der Waals surface area contributed by atoms with Crippen molar-refractivity contribution in [3.63, 3.8) is 0 Å². The molecule has 0 amide bonds. The summed E-state index contributed by atoms with van der Waals surface area (Å²) in [6, 6.07) is 15.7. The molecule has 3 aromatic rings. The van der Waals surface area contributed by atoms with Gasteiger partial charge in [0.15, 0.2) is 11.5 Å². The molecule has 0 fully saturated rings. The smallest absolute Gasteiger partial charge is 0.172 e. The molecule has 0 bridgehead atoms. The number of anilines is 1. The molecule has 0 aliphatic carbocycles. The Balaban J connectivity index is 1.85. The van der Waals surface area contributed by atoms with Crippen LogP contribution in [0.2, 0.25) is 0 Å². The average Bonchev–Trinajstić information content (AvgIpc) is 2.78. The number of nitrogens with one attached hydrogen (secondary N) is 1. The predicted octanol–water partition coefficient (Wildman–Crippen LogP) is 7.21. The van der Waals surface area contributed by atoms with E-state index in [1.807, 2.05) is 24.3 Å². The molecule has 2 aliphatic rings. The molecule has 4 nitrogen and oxygen atoms in total. The molecule has 3 aromatic carbocycles. The Morgan fingerprint density at radius 2 is 1.76 bits per heavy atom. The maximum Gasteiger partial charge on any atom is 0.172 e. The van der Waals surface area contributed by atoms with Gasteiger partial charge in [-0.05, 0) is 61.7 Å². The molecule has 2 N–H and O–H groups in total. The van der Waals surface area contributed by atoms with Crippen molar-refractivity contribution in [2.24, 2.45) is 0 Å². The first-order valence-electron chi connectivity index (χ1n) is 11.0. The summed E-state index contributed by atoms with van der Waals surface area (Å²) in [5.74, 6) is 1.88. The van der Waals surface area contributed by atoms with Crippen molar-refractivity contribution >= 4 is 29.2 Å². The Morgan fingerprint density at radius 1 is 1.00 bits per heavy atom. The minimum Gasteiger partial charge on any atom is -0.504 e. The van der Waals surface area contributed by atoms with Gasteiger partial charge >= 0.3 is 0 Å². The van der Waals surface area contributed by atoms with E-state index >= 15 is 0 Å². The number of benzene rings is 3. The van der Waals surface area contributed by atoms with Gasteiger partial charge < -0.3 is 19.9 Å². The van der Waals surface area contributed by atoms with E-state index < -0.39 is 0 Å². The standard InChI is InChI=1S/C29H27NO3/c1-6-18-9-7-8-10-19(18)15-24-26-20(27-23(33-24)14-13-22(31)28(27)32-5)11-12-21-25(26)17(2)16-29(3,4)30-21/h6-16,30-31H,1H2,2-5H3/b24-15-. The third kappa shape index (κ3) is 3.39. The number of rotatable bonds is 3. The Bertz CT molecular complexity index is 1360. The van der Waals surface area contributed by atoms with Crippen LogP contribution in [-0.2, 0) is 0 Å². The van der Waals surface area contributed by atoms with Gasteiger partial charge in [0.2, 0.25) is 0 Å². The zero-order valence-corrected chi connectivity index (χ0v) is 19.3. The minimum atomic E-state index is -0.159. The number of aromatic hydroxyl groups is 1. The molecule has 166 valence electrons. The number of allylic oxidation sites excluding steroid dienone is 1. The summed E-state index contributed by atoms with van der Waals surface area (Å²) in [6.07, 6.45) is 6.15. The summed E-state index contributed by atoms with van der Waals surface area (Å²) in [5.41, 5.74) is 7.87. The average molecular weight is 438 g/mol. The van der Waals surface area contributed by atoms with Gasteiger partial charge in [-0.25, -0.2) is 0 Å². The van der Waals surface area contributed by atoms with Gasteiger partial charge in [0, 0.05) is 22.4 Å². The van der Waals surface area contributed by atoms with Crippen molar-refractivity contribution in [2.75, 3.05) is 12.4 Å². The van der Waals surface area contributed by atoms with E-state index in [9.17, 15) is 5.11 Å². The summed E-state index contributed by atoms with van der Waals surface area (Å²) in [6.45, 7) is 10.4. The summed E-state index contributed by atoms with van der Waals surface area (Å²) in [7, 11) is 1.56. The van der Waals surface area contributed by atoms with Crippen molar-refractivity contribution in [3.05, 3.63) is 83.4 Å². The number of methoxy groups -OCH3 is 1. The van der Waals surface area contributed by atoms with Crippen LogP contribution in [0, 0.1) is 0 Å². The Hall–Kier alpha value is -3.92. The first kappa shape index (κ1) is 21.0. The van der Waals surface area contributed by atoms with Crippen LogP contribution in [0.25, 0.3) is 34.6 Å². The van der Waals surface area contributed by atoms with Gasteiger partial charge in [-0.3, -0.25) is 0 Å². The molecule has 0 unspecified atom stereocenters. The molecular weight excluding hydrogens is 410 g/mol. The summed E-state index contributed by atoms with van der Waals surface area (Å²) >= 11 is 0. The fourth-order valence-electron chi connectivity index (χ4n) is 4.92. The first-order chi connectivity index (χ1) is 15.8. The van der Waals surface area contributed by atoms with Crippen LogP contribution in [0.4, 0.5) is 5.69 Å². The normalized spacial score (nSPS) is 16.5. The molecule has 5 rings (SSSR count). The van der Waals surface area contributed by atoms with Gasteiger partial charge in [-0.15, -0.1) is 0 Å². The van der Waals surface area contributed by atoms with Gasteiger partial charge in [0.1, 0.15) is 11.5 Å². The fraction of sp³-hybridized carbons (Fsp3) is 0.172. The SMILES string of the molecule is C=Cc1ccccc1/C=C1\Oc2ccc(O)c(OC)c2-c2ccc3c(c21)C(C)=CC(C)(C)N3. The predicted molar refractivity (Wildman–Crippen MR) is 136 cm³/mol. The molecule has 2 aliphatic heterocycles. The lowest BCUT2D eigenvalue weighted by Gasteiger charge is -2.35. The fourth-order valence-corrected chi connectivity index (χ4v) is 4.92. The molecule has 0 radical (unpaired) electrons. The second kappa shape index (κ2) is 7.59. The molecular formula is C29H27NO3. The molecule has 0 saturated carbocycles. The highest BCUT2D eigenvalue weighted by atomic mass is 16.5. The summed E-state index contributed by atoms with van der Waals surface area (Å²) in [5, 5.41) is 14.1. The molecule has 4 heteroatoms. The van der Waals surface area contributed by atoms with Crippen molar-refractivity contribution in [3.8, 4) is 28.4 Å². The van der Waals surface area contributed by atoms with Crippen LogP contribution in [0.5, 0.6) is 17.2 Å². The maximum absolute atomic E-state index is 10.5. The minimum absolute atomic E-state index is 0.0828. The van der Waals surface area contributed by atoms with Crippen LogP contribution in [0.15, 0.2) is 61.2 Å². The van der Waals surface area contributed by atoms with E-state index in [4.69, 9.17) is 9.47 Å².